The third-order valence-electron chi connectivity index (χ3n) is 1.55. The Hall–Kier alpha value is -0.670. The fourth-order valence-electron chi connectivity index (χ4n) is 1.06. The van der Waals surface area contributed by atoms with Crippen LogP contribution in [0.5, 0.6) is 0 Å². The van der Waals surface area contributed by atoms with E-state index < -0.39 is 0 Å². The number of hydrogen-bond donors (Lipinski definition) is 1. The Morgan fingerprint density at radius 1 is 1.67 bits per heavy atom. The molecule has 0 aromatic rings. The number of nitrogens with zero attached hydrogens (tertiary/aromatic N) is 2. The molecule has 0 aromatic carbocycles. The van der Waals surface area contributed by atoms with Gasteiger partial charge in [-0.3, -0.25) is 0 Å². The van der Waals surface area contributed by atoms with Gasteiger partial charge in [0, 0.05) is 18.9 Å². The van der Waals surface area contributed by atoms with Crippen LogP contribution in [0.2, 0.25) is 0 Å². The summed E-state index contributed by atoms with van der Waals surface area (Å²) in [5, 5.41) is 9.05. The Kier molecular flexibility index (Phi) is 4.78. The first-order chi connectivity index (χ1) is 5.22. The van der Waals surface area contributed by atoms with E-state index in [0.29, 0.717) is 6.54 Å². The lowest BCUT2D eigenvalue weighted by Gasteiger charge is -2.19. The summed E-state index contributed by atoms with van der Waals surface area (Å²) in [7, 11) is 0. The molecule has 70 valence electrons. The second-order valence-corrected chi connectivity index (χ2v) is 2.76. The van der Waals surface area contributed by atoms with Crippen LogP contribution < -0.4 is 0 Å². The van der Waals surface area contributed by atoms with Crippen molar-refractivity contribution in [2.24, 2.45) is 0 Å². The first-order valence-electron chi connectivity index (χ1n) is 3.71. The topological polar surface area (TPSA) is 26.7 Å². The maximum absolute atomic E-state index is 9.05. The zero-order valence-corrected chi connectivity index (χ0v) is 8.00. The quantitative estimate of drug-likeness (QED) is 0.719. The van der Waals surface area contributed by atoms with E-state index in [9.17, 15) is 0 Å². The standard InChI is InChI=1S/C8H14N2O.ClH/c1-3-9-4-5-10(7-9)6-8(2)11;/h3-5,8,11H,1,6-7H2,2H3;1H. The molecule has 12 heavy (non-hydrogen) atoms. The van der Waals surface area contributed by atoms with Crippen LogP contribution in [-0.4, -0.2) is 34.2 Å². The summed E-state index contributed by atoms with van der Waals surface area (Å²) in [6.07, 6.45) is 5.38. The molecule has 0 amide bonds. The number of halogens is 1. The van der Waals surface area contributed by atoms with Gasteiger partial charge in [-0.05, 0) is 13.1 Å². The van der Waals surface area contributed by atoms with E-state index in [4.69, 9.17) is 5.11 Å². The Balaban J connectivity index is 0.00000121. The van der Waals surface area contributed by atoms with Gasteiger partial charge in [-0.15, -0.1) is 12.4 Å². The highest BCUT2D eigenvalue weighted by molar-refractivity contribution is 5.85. The Labute approximate surface area is 79.4 Å². The van der Waals surface area contributed by atoms with Gasteiger partial charge < -0.3 is 14.9 Å². The highest BCUT2D eigenvalue weighted by Gasteiger charge is 2.10. The van der Waals surface area contributed by atoms with Gasteiger partial charge in [-0.1, -0.05) is 6.58 Å². The lowest BCUT2D eigenvalue weighted by molar-refractivity contribution is 0.144. The van der Waals surface area contributed by atoms with Gasteiger partial charge in [0.25, 0.3) is 0 Å². The molecule has 0 saturated carbocycles. The van der Waals surface area contributed by atoms with Crippen LogP contribution >= 0.6 is 12.4 Å². The van der Waals surface area contributed by atoms with Crippen molar-refractivity contribution in [2.45, 2.75) is 13.0 Å². The zero-order valence-electron chi connectivity index (χ0n) is 7.18. The Morgan fingerprint density at radius 2 is 2.33 bits per heavy atom. The minimum Gasteiger partial charge on any atom is -0.392 e. The van der Waals surface area contributed by atoms with E-state index in [0.717, 1.165) is 6.67 Å². The number of aliphatic hydroxyl groups is 1. The molecule has 1 unspecified atom stereocenters. The van der Waals surface area contributed by atoms with Crippen LogP contribution in [-0.2, 0) is 0 Å². The largest absolute Gasteiger partial charge is 0.392 e. The molecule has 1 rings (SSSR count). The predicted octanol–water partition coefficient (Wildman–Crippen LogP) is 0.979. The van der Waals surface area contributed by atoms with Crippen molar-refractivity contribution in [1.82, 2.24) is 9.80 Å². The smallest absolute Gasteiger partial charge is 0.0936 e. The van der Waals surface area contributed by atoms with Gasteiger partial charge in [0.2, 0.25) is 0 Å². The second-order valence-electron chi connectivity index (χ2n) is 2.76. The van der Waals surface area contributed by atoms with E-state index in [-0.39, 0.29) is 18.5 Å². The zero-order chi connectivity index (χ0) is 8.27. The Morgan fingerprint density at radius 3 is 2.75 bits per heavy atom. The first kappa shape index (κ1) is 11.3. The summed E-state index contributed by atoms with van der Waals surface area (Å²) >= 11 is 0. The maximum atomic E-state index is 9.05. The summed E-state index contributed by atoms with van der Waals surface area (Å²) in [4.78, 5) is 3.99. The molecule has 0 radical (unpaired) electrons. The molecular formula is C8H15ClN2O. The van der Waals surface area contributed by atoms with Crippen LogP contribution in [0.3, 0.4) is 0 Å². The van der Waals surface area contributed by atoms with Crippen molar-refractivity contribution in [3.8, 4) is 0 Å². The van der Waals surface area contributed by atoms with Gasteiger partial charge in [0.05, 0.1) is 12.8 Å². The van der Waals surface area contributed by atoms with Crippen molar-refractivity contribution in [1.29, 1.82) is 0 Å². The van der Waals surface area contributed by atoms with Crippen LogP contribution in [0.1, 0.15) is 6.92 Å². The molecule has 0 bridgehead atoms. The third kappa shape index (κ3) is 3.15. The van der Waals surface area contributed by atoms with E-state index in [1.165, 1.54) is 0 Å². The summed E-state index contributed by atoms with van der Waals surface area (Å²) in [5.41, 5.74) is 0. The molecule has 0 aromatic heterocycles. The molecule has 3 nitrogen and oxygen atoms in total. The Bertz CT molecular complexity index is 170. The minimum absolute atomic E-state index is 0. The van der Waals surface area contributed by atoms with Crippen LogP contribution in [0.4, 0.5) is 0 Å². The van der Waals surface area contributed by atoms with Gasteiger partial charge in [0.1, 0.15) is 0 Å². The average Bonchev–Trinajstić information content (AvgIpc) is 2.34. The minimum atomic E-state index is -0.274. The number of rotatable bonds is 3. The first-order valence-corrected chi connectivity index (χ1v) is 3.71. The number of β-amino-alcohol motifs (C(OH)–C–C–N with tert-alkyl or cyclic N) is 1. The van der Waals surface area contributed by atoms with E-state index in [2.05, 4.69) is 6.58 Å². The number of hydrogen-bond acceptors (Lipinski definition) is 3. The monoisotopic (exact) mass is 190 g/mol. The van der Waals surface area contributed by atoms with Crippen LogP contribution in [0.15, 0.2) is 25.2 Å². The second kappa shape index (κ2) is 5.06. The van der Waals surface area contributed by atoms with Crippen molar-refractivity contribution in [3.05, 3.63) is 25.2 Å². The van der Waals surface area contributed by atoms with Crippen molar-refractivity contribution < 1.29 is 5.11 Å². The lowest BCUT2D eigenvalue weighted by Crippen LogP contribution is -2.28. The molecule has 1 atom stereocenters. The molecule has 1 heterocycles. The van der Waals surface area contributed by atoms with Gasteiger partial charge >= 0.3 is 0 Å². The fourth-order valence-corrected chi connectivity index (χ4v) is 1.06. The van der Waals surface area contributed by atoms with Crippen molar-refractivity contribution >= 4 is 12.4 Å². The third-order valence-corrected chi connectivity index (χ3v) is 1.55. The van der Waals surface area contributed by atoms with Crippen LogP contribution in [0, 0.1) is 0 Å². The summed E-state index contributed by atoms with van der Waals surface area (Å²) < 4.78 is 0. The fraction of sp³-hybridized carbons (Fsp3) is 0.500. The van der Waals surface area contributed by atoms with Gasteiger partial charge in [-0.2, -0.15) is 0 Å². The normalized spacial score (nSPS) is 17.5. The summed E-state index contributed by atoms with van der Waals surface area (Å²) in [5.74, 6) is 0. The predicted molar refractivity (Wildman–Crippen MR) is 51.7 cm³/mol. The molecule has 1 N–H and O–H groups in total. The highest BCUT2D eigenvalue weighted by Crippen LogP contribution is 2.06. The molecule has 0 saturated heterocycles. The van der Waals surface area contributed by atoms with Gasteiger partial charge in [-0.25, -0.2) is 0 Å². The molecule has 4 heteroatoms. The molecule has 1 aliphatic rings. The molecule has 1 aliphatic heterocycles. The number of aliphatic hydroxyl groups excluding tert-OH is 1. The maximum Gasteiger partial charge on any atom is 0.0936 e. The van der Waals surface area contributed by atoms with Crippen molar-refractivity contribution in [3.63, 3.8) is 0 Å². The molecular weight excluding hydrogens is 176 g/mol. The summed E-state index contributed by atoms with van der Waals surface area (Å²) in [6.45, 7) is 6.91. The average molecular weight is 191 g/mol. The van der Waals surface area contributed by atoms with Gasteiger partial charge in [0.15, 0.2) is 0 Å². The molecule has 0 spiro atoms. The highest BCUT2D eigenvalue weighted by atomic mass is 35.5. The lowest BCUT2D eigenvalue weighted by atomic mass is 10.4. The summed E-state index contributed by atoms with van der Waals surface area (Å²) in [6, 6.07) is 0. The van der Waals surface area contributed by atoms with E-state index in [1.54, 1.807) is 13.1 Å². The van der Waals surface area contributed by atoms with E-state index in [1.807, 2.05) is 22.2 Å². The molecule has 0 fully saturated rings. The molecule has 0 aliphatic carbocycles. The SMILES string of the molecule is C=CN1C=CN(CC(C)O)C1.Cl. The van der Waals surface area contributed by atoms with E-state index >= 15 is 0 Å². The van der Waals surface area contributed by atoms with Crippen molar-refractivity contribution in [2.75, 3.05) is 13.2 Å². The van der Waals surface area contributed by atoms with Crippen LogP contribution in [0.25, 0.3) is 0 Å².